The number of likely N-dealkylation sites (tertiary alicyclic amines) is 1. The molecule has 0 N–H and O–H groups in total. The number of hydrogen-bond donors (Lipinski definition) is 0. The van der Waals surface area contributed by atoms with E-state index in [-0.39, 0.29) is 12.1 Å². The van der Waals surface area contributed by atoms with Crippen LogP contribution in [0.5, 0.6) is 11.5 Å². The van der Waals surface area contributed by atoms with Gasteiger partial charge in [-0.05, 0) is 48.7 Å². The fourth-order valence-electron chi connectivity index (χ4n) is 4.45. The second-order valence-electron chi connectivity index (χ2n) is 7.73. The highest BCUT2D eigenvalue weighted by Crippen LogP contribution is 2.43. The summed E-state index contributed by atoms with van der Waals surface area (Å²) in [4.78, 5) is 18.8. The van der Waals surface area contributed by atoms with E-state index >= 15 is 0 Å². The van der Waals surface area contributed by atoms with Gasteiger partial charge in [0.05, 0.1) is 25.8 Å². The molecule has 7 nitrogen and oxygen atoms in total. The maximum absolute atomic E-state index is 12.1. The first kappa shape index (κ1) is 21.1. The number of aldehydes is 1. The summed E-state index contributed by atoms with van der Waals surface area (Å²) in [6, 6.07) is 11.6. The van der Waals surface area contributed by atoms with Crippen molar-refractivity contribution in [2.45, 2.75) is 44.3 Å². The lowest BCUT2D eigenvalue weighted by atomic mass is 9.97. The minimum absolute atomic E-state index is 0.00474. The lowest BCUT2D eigenvalue weighted by Gasteiger charge is -2.35. The molecular weight excluding hydrogens is 392 g/mol. The Morgan fingerprint density at radius 1 is 1.06 bits per heavy atom. The van der Waals surface area contributed by atoms with Gasteiger partial charge in [0.25, 0.3) is 0 Å². The van der Waals surface area contributed by atoms with Crippen LogP contribution in [0, 0.1) is 0 Å². The molecule has 0 amide bonds. The molecule has 1 fully saturated rings. The van der Waals surface area contributed by atoms with Crippen molar-refractivity contribution in [2.24, 2.45) is 0 Å². The first-order valence-electron chi connectivity index (χ1n) is 10.6. The monoisotopic (exact) mass is 420 g/mol. The standard InChI is InChI=1S/C24H28N4O3/c1-30-21-9-5-10-22(31-2)24(21)20-8-4-3-7-19(17-29)27(20)16-18-11-13-25-23(15-18)28-14-6-12-26-28/h5-6,9-15,17,19-20H,3-4,7-8,16H2,1-2H3. The highest BCUT2D eigenvalue weighted by atomic mass is 16.5. The first-order valence-corrected chi connectivity index (χ1v) is 10.6. The maximum atomic E-state index is 12.1. The lowest BCUT2D eigenvalue weighted by Crippen LogP contribution is -2.38. The number of ether oxygens (including phenoxy) is 2. The smallest absolute Gasteiger partial charge is 0.153 e. The molecule has 0 spiro atoms. The van der Waals surface area contributed by atoms with Crippen LogP contribution in [-0.4, -0.2) is 46.2 Å². The number of carbonyl (C=O) groups excluding carboxylic acids is 1. The highest BCUT2D eigenvalue weighted by Gasteiger charge is 2.33. The third-order valence-corrected chi connectivity index (χ3v) is 5.92. The van der Waals surface area contributed by atoms with E-state index in [2.05, 4.69) is 15.0 Å². The van der Waals surface area contributed by atoms with Crippen molar-refractivity contribution < 1.29 is 14.3 Å². The van der Waals surface area contributed by atoms with Gasteiger partial charge in [0.2, 0.25) is 0 Å². The Balaban J connectivity index is 1.74. The summed E-state index contributed by atoms with van der Waals surface area (Å²) in [5.41, 5.74) is 2.08. The van der Waals surface area contributed by atoms with Crippen LogP contribution >= 0.6 is 0 Å². The normalized spacial score (nSPS) is 19.5. The minimum Gasteiger partial charge on any atom is -0.496 e. The van der Waals surface area contributed by atoms with Crippen molar-refractivity contribution >= 4 is 6.29 Å². The van der Waals surface area contributed by atoms with Gasteiger partial charge in [-0.15, -0.1) is 0 Å². The number of hydrogen-bond acceptors (Lipinski definition) is 6. The Labute approximate surface area is 182 Å². The predicted octanol–water partition coefficient (Wildman–Crippen LogP) is 3.97. The van der Waals surface area contributed by atoms with E-state index in [9.17, 15) is 4.79 Å². The van der Waals surface area contributed by atoms with Crippen LogP contribution in [0.4, 0.5) is 0 Å². The molecule has 1 aliphatic rings. The summed E-state index contributed by atoms with van der Waals surface area (Å²) in [7, 11) is 3.35. The topological polar surface area (TPSA) is 69.5 Å². The van der Waals surface area contributed by atoms with Crippen LogP contribution in [0.1, 0.15) is 42.9 Å². The molecular formula is C24H28N4O3. The molecule has 0 radical (unpaired) electrons. The summed E-state index contributed by atoms with van der Waals surface area (Å²) in [6.45, 7) is 0.617. The van der Waals surface area contributed by atoms with Crippen LogP contribution in [0.15, 0.2) is 55.0 Å². The number of rotatable bonds is 7. The zero-order chi connectivity index (χ0) is 21.6. The van der Waals surface area contributed by atoms with Crippen molar-refractivity contribution in [3.63, 3.8) is 0 Å². The van der Waals surface area contributed by atoms with Crippen LogP contribution in [0.25, 0.3) is 5.82 Å². The molecule has 1 aromatic carbocycles. The van der Waals surface area contributed by atoms with Crippen LogP contribution in [0.3, 0.4) is 0 Å². The molecule has 0 bridgehead atoms. The molecule has 162 valence electrons. The number of pyridine rings is 1. The summed E-state index contributed by atoms with van der Waals surface area (Å²) in [5.74, 6) is 2.33. The summed E-state index contributed by atoms with van der Waals surface area (Å²) in [5, 5.41) is 4.28. The predicted molar refractivity (Wildman–Crippen MR) is 118 cm³/mol. The first-order chi connectivity index (χ1) is 15.2. The molecule has 3 aromatic rings. The van der Waals surface area contributed by atoms with E-state index in [1.165, 1.54) is 0 Å². The lowest BCUT2D eigenvalue weighted by molar-refractivity contribution is -0.113. The van der Waals surface area contributed by atoms with Crippen LogP contribution < -0.4 is 9.47 Å². The maximum Gasteiger partial charge on any atom is 0.153 e. The van der Waals surface area contributed by atoms with Gasteiger partial charge in [0, 0.05) is 31.2 Å². The van der Waals surface area contributed by atoms with Gasteiger partial charge >= 0.3 is 0 Å². The van der Waals surface area contributed by atoms with Crippen molar-refractivity contribution in [1.29, 1.82) is 0 Å². The van der Waals surface area contributed by atoms with Gasteiger partial charge in [-0.2, -0.15) is 5.10 Å². The van der Waals surface area contributed by atoms with Gasteiger partial charge in [-0.25, -0.2) is 9.67 Å². The van der Waals surface area contributed by atoms with Gasteiger partial charge in [0.1, 0.15) is 17.8 Å². The molecule has 2 unspecified atom stereocenters. The third-order valence-electron chi connectivity index (χ3n) is 5.92. The fourth-order valence-corrected chi connectivity index (χ4v) is 4.45. The van der Waals surface area contributed by atoms with Crippen LogP contribution in [-0.2, 0) is 11.3 Å². The molecule has 3 heterocycles. The summed E-state index contributed by atoms with van der Waals surface area (Å²) in [6.07, 6.45) is 10.3. The van der Waals surface area contributed by atoms with E-state index in [4.69, 9.17) is 9.47 Å². The largest absolute Gasteiger partial charge is 0.496 e. The summed E-state index contributed by atoms with van der Waals surface area (Å²) >= 11 is 0. The molecule has 1 saturated heterocycles. The van der Waals surface area contributed by atoms with E-state index in [0.29, 0.717) is 6.54 Å². The number of carbonyl (C=O) groups is 1. The number of methoxy groups -OCH3 is 2. The second-order valence-corrected chi connectivity index (χ2v) is 7.73. The van der Waals surface area contributed by atoms with E-state index in [0.717, 1.165) is 60.4 Å². The molecule has 2 atom stereocenters. The Hall–Kier alpha value is -3.19. The Morgan fingerprint density at radius 3 is 2.52 bits per heavy atom. The molecule has 4 rings (SSSR count). The van der Waals surface area contributed by atoms with Gasteiger partial charge in [-0.1, -0.05) is 18.9 Å². The van der Waals surface area contributed by atoms with Gasteiger partial charge in [0.15, 0.2) is 5.82 Å². The van der Waals surface area contributed by atoms with Crippen molar-refractivity contribution in [3.8, 4) is 17.3 Å². The minimum atomic E-state index is -0.177. The third kappa shape index (κ3) is 4.46. The highest BCUT2D eigenvalue weighted by molar-refractivity contribution is 5.58. The molecule has 0 saturated carbocycles. The van der Waals surface area contributed by atoms with E-state index < -0.39 is 0 Å². The van der Waals surface area contributed by atoms with E-state index in [1.54, 1.807) is 31.3 Å². The molecule has 7 heteroatoms. The van der Waals surface area contributed by atoms with Gasteiger partial charge < -0.3 is 14.3 Å². The van der Waals surface area contributed by atoms with Crippen molar-refractivity contribution in [1.82, 2.24) is 19.7 Å². The molecule has 0 aliphatic carbocycles. The average molecular weight is 421 g/mol. The zero-order valence-corrected chi connectivity index (χ0v) is 18.0. The van der Waals surface area contributed by atoms with Crippen molar-refractivity contribution in [3.05, 3.63) is 66.1 Å². The number of nitrogens with zero attached hydrogens (tertiary/aromatic N) is 4. The number of benzene rings is 1. The van der Waals surface area contributed by atoms with Gasteiger partial charge in [-0.3, -0.25) is 4.90 Å². The Morgan fingerprint density at radius 2 is 1.84 bits per heavy atom. The Kier molecular flexibility index (Phi) is 6.62. The zero-order valence-electron chi connectivity index (χ0n) is 18.0. The SMILES string of the molecule is COc1cccc(OC)c1C1CCCCC(C=O)N1Cc1ccnc(-n2cccn2)c1. The van der Waals surface area contributed by atoms with E-state index in [1.807, 2.05) is 42.6 Å². The molecule has 31 heavy (non-hydrogen) atoms. The quantitative estimate of drug-likeness (QED) is 0.539. The molecule has 1 aliphatic heterocycles. The Bertz CT molecular complexity index is 984. The molecule has 2 aromatic heterocycles. The summed E-state index contributed by atoms with van der Waals surface area (Å²) < 4.78 is 13.1. The number of aromatic nitrogens is 3. The average Bonchev–Trinajstić information content (AvgIpc) is 3.28. The second kappa shape index (κ2) is 9.75. The fraction of sp³-hybridized carbons (Fsp3) is 0.375. The van der Waals surface area contributed by atoms with Crippen LogP contribution in [0.2, 0.25) is 0 Å². The van der Waals surface area contributed by atoms with Crippen molar-refractivity contribution in [2.75, 3.05) is 14.2 Å².